The van der Waals surface area contributed by atoms with E-state index in [2.05, 4.69) is 50.9 Å². The normalized spacial score (nSPS) is 9.43. The zero-order valence-corrected chi connectivity index (χ0v) is 28.2. The molecular weight excluding hydrogens is 573 g/mol. The molecule has 0 aliphatic rings. The van der Waals surface area contributed by atoms with Gasteiger partial charge in [-0.15, -0.1) is 22.7 Å². The van der Waals surface area contributed by atoms with Crippen molar-refractivity contribution in [1.29, 1.82) is 0 Å². The zero-order chi connectivity index (χ0) is 31.7. The summed E-state index contributed by atoms with van der Waals surface area (Å²) in [6.45, 7) is 19.2. The minimum Gasteiger partial charge on any atom is -0.449 e. The molecule has 0 radical (unpaired) electrons. The van der Waals surface area contributed by atoms with E-state index in [4.69, 9.17) is 8.83 Å². The minimum atomic E-state index is 0.734. The lowest BCUT2D eigenvalue weighted by Gasteiger charge is -1.76. The second-order valence-corrected chi connectivity index (χ2v) is 11.1. The van der Waals surface area contributed by atoms with Crippen molar-refractivity contribution in [3.8, 4) is 0 Å². The molecule has 0 aliphatic carbocycles. The number of oxazole rings is 2. The molecule has 6 aromatic rings. The predicted molar refractivity (Wildman–Crippen MR) is 167 cm³/mol. The molecule has 0 aromatic carbocycles. The minimum absolute atomic E-state index is 0.734. The molecule has 0 fully saturated rings. The third kappa shape index (κ3) is 17.6. The predicted octanol–water partition coefficient (Wildman–Crippen LogP) is 6.35. The van der Waals surface area contributed by atoms with Crippen LogP contribution in [0.4, 0.5) is 0 Å². The summed E-state index contributed by atoms with van der Waals surface area (Å²) in [6.07, 6.45) is 6.62. The highest BCUT2D eigenvalue weighted by molar-refractivity contribution is 7.09. The van der Waals surface area contributed by atoms with Crippen molar-refractivity contribution < 1.29 is 8.83 Å². The van der Waals surface area contributed by atoms with Gasteiger partial charge in [0.15, 0.2) is 11.8 Å². The molecule has 0 spiro atoms. The maximum Gasteiger partial charge on any atom is 0.191 e. The first-order chi connectivity index (χ1) is 19.7. The van der Waals surface area contributed by atoms with Gasteiger partial charge in [-0.2, -0.15) is 10.2 Å². The summed E-state index contributed by atoms with van der Waals surface area (Å²) in [5.41, 5.74) is 4.14. The van der Waals surface area contributed by atoms with Gasteiger partial charge in [0, 0.05) is 50.1 Å². The largest absolute Gasteiger partial charge is 0.449 e. The Morgan fingerprint density at radius 3 is 0.952 bits per heavy atom. The third-order valence-corrected chi connectivity index (χ3v) is 6.15. The monoisotopic (exact) mass is 614 g/mol. The Bertz CT molecular complexity index is 1150. The van der Waals surface area contributed by atoms with Gasteiger partial charge >= 0.3 is 0 Å². The van der Waals surface area contributed by atoms with Crippen LogP contribution in [0.2, 0.25) is 0 Å². The van der Waals surface area contributed by atoms with E-state index in [-0.39, 0.29) is 0 Å². The molecule has 12 nitrogen and oxygen atoms in total. The van der Waals surface area contributed by atoms with E-state index in [9.17, 15) is 0 Å². The molecule has 0 saturated carbocycles. The third-order valence-electron chi connectivity index (χ3n) is 4.36. The topological polar surface area (TPSA) is 139 Å². The van der Waals surface area contributed by atoms with Gasteiger partial charge in [0.25, 0.3) is 0 Å². The average Bonchev–Trinajstić information content (AvgIpc) is 3.76. The van der Waals surface area contributed by atoms with Crippen LogP contribution < -0.4 is 0 Å². The highest BCUT2D eigenvalue weighted by atomic mass is 32.1. The molecular formula is C28H42N10O2S2. The summed E-state index contributed by atoms with van der Waals surface area (Å²) < 4.78 is 13.1. The van der Waals surface area contributed by atoms with Crippen molar-refractivity contribution >= 4 is 22.7 Å². The van der Waals surface area contributed by atoms with E-state index in [0.717, 1.165) is 56.2 Å². The molecule has 6 heterocycles. The Morgan fingerprint density at radius 2 is 0.881 bits per heavy atom. The molecule has 0 unspecified atom stereocenters. The number of thiazole rings is 2. The van der Waals surface area contributed by atoms with Gasteiger partial charge in [-0.3, -0.25) is 9.36 Å². The summed E-state index contributed by atoms with van der Waals surface area (Å²) in [6, 6.07) is 0. The highest BCUT2D eigenvalue weighted by Gasteiger charge is 1.89. The number of aryl methyl sites for hydroxylation is 12. The fourth-order valence-corrected chi connectivity index (χ4v) is 3.96. The maximum absolute atomic E-state index is 4.85. The van der Waals surface area contributed by atoms with Crippen LogP contribution in [-0.2, 0) is 14.1 Å². The van der Waals surface area contributed by atoms with Gasteiger partial charge in [0.1, 0.15) is 36.8 Å². The number of rotatable bonds is 0. The Hall–Kier alpha value is -4.04. The summed E-state index contributed by atoms with van der Waals surface area (Å²) in [5.74, 6) is 3.11. The van der Waals surface area contributed by atoms with Gasteiger partial charge in [-0.25, -0.2) is 29.9 Å². The van der Waals surface area contributed by atoms with Gasteiger partial charge in [0.05, 0.1) is 21.4 Å². The Balaban J connectivity index is 0.000000252. The Kier molecular flexibility index (Phi) is 16.4. The molecule has 6 aromatic heterocycles. The molecule has 0 amide bonds. The van der Waals surface area contributed by atoms with Crippen molar-refractivity contribution in [1.82, 2.24) is 49.5 Å². The number of hydrogen-bond acceptors (Lipinski definition) is 12. The van der Waals surface area contributed by atoms with E-state index in [1.807, 2.05) is 83.3 Å². The van der Waals surface area contributed by atoms with Crippen LogP contribution in [0.1, 0.15) is 56.2 Å². The van der Waals surface area contributed by atoms with Crippen LogP contribution in [0.5, 0.6) is 0 Å². The number of aromatic nitrogens is 10. The first-order valence-corrected chi connectivity index (χ1v) is 14.7. The lowest BCUT2D eigenvalue weighted by molar-refractivity contribution is 0.520. The first-order valence-electron chi connectivity index (χ1n) is 12.9. The van der Waals surface area contributed by atoms with Crippen LogP contribution in [0.25, 0.3) is 0 Å². The summed E-state index contributed by atoms with van der Waals surface area (Å²) in [7, 11) is 3.69. The second kappa shape index (κ2) is 19.1. The lowest BCUT2D eigenvalue weighted by atomic mass is 10.6. The standard InChI is InChI=1S/2C5H7NO.2C5H7NS.2C4H7N3/c4*1-4-3-7-5(2)6-4;2*1-4-5-3-7(2)6-4/h6*3H,1-2H3. The molecule has 0 atom stereocenters. The van der Waals surface area contributed by atoms with E-state index < -0.39 is 0 Å². The SMILES string of the molecule is Cc1coc(C)n1.Cc1coc(C)n1.Cc1csc(C)n1.Cc1csc(C)n1.Cc1ncn(C)n1.Cc1ncn(C)n1. The quantitative estimate of drug-likeness (QED) is 0.190. The Labute approximate surface area is 256 Å². The molecule has 0 saturated heterocycles. The average molecular weight is 615 g/mol. The van der Waals surface area contributed by atoms with Crippen molar-refractivity contribution in [3.05, 3.63) is 92.2 Å². The molecule has 0 aliphatic heterocycles. The molecule has 42 heavy (non-hydrogen) atoms. The van der Waals surface area contributed by atoms with Gasteiger partial charge in [-0.05, 0) is 55.4 Å². The van der Waals surface area contributed by atoms with E-state index in [1.54, 1.807) is 57.2 Å². The van der Waals surface area contributed by atoms with Crippen LogP contribution >= 0.6 is 22.7 Å². The smallest absolute Gasteiger partial charge is 0.191 e. The first kappa shape index (κ1) is 36.0. The van der Waals surface area contributed by atoms with Crippen molar-refractivity contribution in [2.45, 2.75) is 69.2 Å². The molecule has 6 rings (SSSR count). The van der Waals surface area contributed by atoms with E-state index in [1.165, 1.54) is 0 Å². The van der Waals surface area contributed by atoms with Crippen LogP contribution in [0.15, 0.2) is 44.8 Å². The number of hydrogen-bond donors (Lipinski definition) is 0. The summed E-state index contributed by atoms with van der Waals surface area (Å²) in [5, 5.41) is 14.2. The van der Waals surface area contributed by atoms with Gasteiger partial charge < -0.3 is 8.83 Å². The highest BCUT2D eigenvalue weighted by Crippen LogP contribution is 2.05. The summed E-state index contributed by atoms with van der Waals surface area (Å²) in [4.78, 5) is 23.9. The summed E-state index contributed by atoms with van der Waals surface area (Å²) >= 11 is 3.39. The molecule has 14 heteroatoms. The fourth-order valence-electron chi connectivity index (χ4n) is 2.78. The van der Waals surface area contributed by atoms with Crippen LogP contribution in [0.3, 0.4) is 0 Å². The van der Waals surface area contributed by atoms with Crippen molar-refractivity contribution in [2.24, 2.45) is 14.1 Å². The molecule has 228 valence electrons. The number of nitrogens with zero attached hydrogens (tertiary/aromatic N) is 10. The Morgan fingerprint density at radius 1 is 0.524 bits per heavy atom. The van der Waals surface area contributed by atoms with Crippen molar-refractivity contribution in [3.63, 3.8) is 0 Å². The second-order valence-electron chi connectivity index (χ2n) is 8.96. The lowest BCUT2D eigenvalue weighted by Crippen LogP contribution is -1.86. The van der Waals surface area contributed by atoms with E-state index in [0.29, 0.717) is 0 Å². The van der Waals surface area contributed by atoms with Crippen molar-refractivity contribution in [2.75, 3.05) is 0 Å². The molecule has 0 N–H and O–H groups in total. The van der Waals surface area contributed by atoms with Gasteiger partial charge in [-0.1, -0.05) is 0 Å². The maximum atomic E-state index is 4.85. The van der Waals surface area contributed by atoms with E-state index >= 15 is 0 Å². The van der Waals surface area contributed by atoms with Gasteiger partial charge in [0.2, 0.25) is 0 Å². The zero-order valence-electron chi connectivity index (χ0n) is 26.6. The van der Waals surface area contributed by atoms with Crippen LogP contribution in [-0.4, -0.2) is 49.5 Å². The fraction of sp³-hybridized carbons (Fsp3) is 0.429. The van der Waals surface area contributed by atoms with Crippen LogP contribution in [0, 0.1) is 69.2 Å². The molecule has 0 bridgehead atoms.